The van der Waals surface area contributed by atoms with Crippen LogP contribution in [0.3, 0.4) is 0 Å². The summed E-state index contributed by atoms with van der Waals surface area (Å²) in [5, 5.41) is 0. The molecule has 0 amide bonds. The van der Waals surface area contributed by atoms with E-state index in [-0.39, 0.29) is 10.8 Å². The molecule has 37 heavy (non-hydrogen) atoms. The lowest BCUT2D eigenvalue weighted by Gasteiger charge is -2.30. The van der Waals surface area contributed by atoms with Crippen LogP contribution in [0, 0.1) is 13.8 Å². The van der Waals surface area contributed by atoms with Crippen LogP contribution in [0.25, 0.3) is 33.4 Å². The van der Waals surface area contributed by atoms with E-state index >= 15 is 0 Å². The molecule has 2 nitrogen and oxygen atoms in total. The Morgan fingerprint density at radius 3 is 1.43 bits per heavy atom. The van der Waals surface area contributed by atoms with Crippen molar-refractivity contribution in [2.45, 2.75) is 66.2 Å². The van der Waals surface area contributed by atoms with Gasteiger partial charge in [0.2, 0.25) is 0 Å². The van der Waals surface area contributed by atoms with Crippen molar-refractivity contribution >= 4 is 9.03 Å². The molecule has 2 N–H and O–H groups in total. The first-order valence-corrected chi connectivity index (χ1v) is 13.7. The Balaban J connectivity index is 0.00000121. The molecule has 0 radical (unpaired) electrons. The van der Waals surface area contributed by atoms with Crippen LogP contribution in [0.5, 0.6) is 0 Å². The Hall–Kier alpha value is -2.77. The van der Waals surface area contributed by atoms with E-state index in [1.807, 2.05) is 0 Å². The third-order valence-corrected chi connectivity index (χ3v) is 6.83. The van der Waals surface area contributed by atoms with Gasteiger partial charge in [-0.25, -0.2) is 0 Å². The maximum Gasteiger partial charge on any atom is 0.149 e. The normalized spacial score (nSPS) is 11.6. The zero-order valence-electron chi connectivity index (χ0n) is 23.5. The summed E-state index contributed by atoms with van der Waals surface area (Å²) in [6, 6.07) is 31.3. The summed E-state index contributed by atoms with van der Waals surface area (Å²) in [6.45, 7) is 18.4. The fourth-order valence-corrected chi connectivity index (χ4v) is 5.16. The summed E-state index contributed by atoms with van der Waals surface area (Å²) in [7, 11) is -0.917. The van der Waals surface area contributed by atoms with E-state index in [0.29, 0.717) is 0 Å². The highest BCUT2D eigenvalue weighted by Gasteiger charge is 2.27. The number of rotatable bonds is 3. The molecule has 4 aromatic rings. The highest BCUT2D eigenvalue weighted by atomic mass is 31.1. The van der Waals surface area contributed by atoms with Crippen LogP contribution in [-0.4, -0.2) is 9.79 Å². The molecule has 0 aliphatic rings. The quantitative estimate of drug-likeness (QED) is 0.268. The predicted molar refractivity (Wildman–Crippen MR) is 162 cm³/mol. The third kappa shape index (κ3) is 6.39. The molecule has 3 heteroatoms. The molecule has 0 fully saturated rings. The minimum atomic E-state index is -0.917. The second kappa shape index (κ2) is 11.7. The standard InChI is InChI=1S/C34H38.H3O2P/c1-23-15-12-21-28(33(3,4)5)30(23)27-20-14-19-26(25-17-10-9-11-18-25)32(27)31-24(2)16-13-22-29(31)34(6,7)8;1-3-2/h9-22H,1-8H3;1-3H. The maximum absolute atomic E-state index is 7.15. The van der Waals surface area contributed by atoms with Gasteiger partial charge in [0.1, 0.15) is 9.03 Å². The molecule has 0 atom stereocenters. The van der Waals surface area contributed by atoms with Crippen molar-refractivity contribution in [3.63, 3.8) is 0 Å². The Kier molecular flexibility index (Phi) is 9.13. The Morgan fingerprint density at radius 2 is 0.919 bits per heavy atom. The number of hydrogen-bond acceptors (Lipinski definition) is 2. The van der Waals surface area contributed by atoms with Crippen LogP contribution >= 0.6 is 9.03 Å². The fourth-order valence-electron chi connectivity index (χ4n) is 5.16. The van der Waals surface area contributed by atoms with E-state index in [4.69, 9.17) is 9.79 Å². The second-order valence-electron chi connectivity index (χ2n) is 11.7. The average Bonchev–Trinajstić information content (AvgIpc) is 2.83. The summed E-state index contributed by atoms with van der Waals surface area (Å²) in [4.78, 5) is 14.3. The van der Waals surface area contributed by atoms with Crippen molar-refractivity contribution in [3.8, 4) is 33.4 Å². The average molecular weight is 513 g/mol. The molecular weight excluding hydrogens is 471 g/mol. The predicted octanol–water partition coefficient (Wildman–Crippen LogP) is 9.38. The van der Waals surface area contributed by atoms with Gasteiger partial charge < -0.3 is 9.79 Å². The van der Waals surface area contributed by atoms with Gasteiger partial charge in [-0.3, -0.25) is 0 Å². The SMILES string of the molecule is Cc1cccc(C(C)(C)C)c1-c1cccc(-c2ccccc2)c1-c1c(C)cccc1C(C)(C)C.OPO. The summed E-state index contributed by atoms with van der Waals surface area (Å²) < 4.78 is 0. The van der Waals surface area contributed by atoms with Crippen molar-refractivity contribution in [3.05, 3.63) is 107 Å². The zero-order valence-corrected chi connectivity index (χ0v) is 24.5. The first kappa shape index (κ1) is 28.8. The summed E-state index contributed by atoms with van der Waals surface area (Å²) in [5.41, 5.74) is 13.5. The van der Waals surface area contributed by atoms with Gasteiger partial charge in [0, 0.05) is 0 Å². The lowest BCUT2D eigenvalue weighted by atomic mass is 9.74. The van der Waals surface area contributed by atoms with Crippen LogP contribution in [0.1, 0.15) is 63.8 Å². The van der Waals surface area contributed by atoms with Crippen molar-refractivity contribution in [2.75, 3.05) is 0 Å². The number of hydrogen-bond donors (Lipinski definition) is 2. The molecule has 0 aliphatic carbocycles. The highest BCUT2D eigenvalue weighted by Crippen LogP contribution is 2.47. The molecule has 194 valence electrons. The summed E-state index contributed by atoms with van der Waals surface area (Å²) >= 11 is 0. The van der Waals surface area contributed by atoms with E-state index in [1.165, 1.54) is 55.6 Å². The zero-order chi connectivity index (χ0) is 27.4. The molecular formula is C34H41O2P. The molecule has 4 rings (SSSR count). The van der Waals surface area contributed by atoms with Gasteiger partial charge in [-0.2, -0.15) is 0 Å². The molecule has 0 aromatic heterocycles. The lowest BCUT2D eigenvalue weighted by Crippen LogP contribution is -2.15. The van der Waals surface area contributed by atoms with Crippen LogP contribution < -0.4 is 0 Å². The summed E-state index contributed by atoms with van der Waals surface area (Å²) in [5.74, 6) is 0. The first-order chi connectivity index (χ1) is 17.4. The Labute approximate surface area is 225 Å². The molecule has 0 bridgehead atoms. The Morgan fingerprint density at radius 1 is 0.486 bits per heavy atom. The molecule has 4 aromatic carbocycles. The van der Waals surface area contributed by atoms with Crippen LogP contribution in [0.15, 0.2) is 84.9 Å². The van der Waals surface area contributed by atoms with E-state index < -0.39 is 9.03 Å². The van der Waals surface area contributed by atoms with Gasteiger partial charge >= 0.3 is 0 Å². The number of aryl methyl sites for hydroxylation is 2. The van der Waals surface area contributed by atoms with Crippen molar-refractivity contribution in [2.24, 2.45) is 0 Å². The van der Waals surface area contributed by atoms with Gasteiger partial charge in [-0.1, -0.05) is 126 Å². The second-order valence-corrected chi connectivity index (χ2v) is 11.9. The molecule has 0 unspecified atom stereocenters. The topological polar surface area (TPSA) is 40.5 Å². The lowest BCUT2D eigenvalue weighted by molar-refractivity contribution is 0.513. The van der Waals surface area contributed by atoms with Gasteiger partial charge in [-0.15, -0.1) is 0 Å². The van der Waals surface area contributed by atoms with Crippen molar-refractivity contribution in [1.29, 1.82) is 0 Å². The molecule has 0 saturated heterocycles. The minimum Gasteiger partial charge on any atom is -0.352 e. The van der Waals surface area contributed by atoms with Crippen molar-refractivity contribution < 1.29 is 9.79 Å². The number of benzene rings is 4. The van der Waals surface area contributed by atoms with Crippen LogP contribution in [0.2, 0.25) is 0 Å². The summed E-state index contributed by atoms with van der Waals surface area (Å²) in [6.07, 6.45) is 0. The van der Waals surface area contributed by atoms with Crippen molar-refractivity contribution in [1.82, 2.24) is 0 Å². The van der Waals surface area contributed by atoms with Gasteiger partial charge in [-0.05, 0) is 80.3 Å². The van der Waals surface area contributed by atoms with E-state index in [2.05, 4.69) is 140 Å². The molecule has 0 heterocycles. The third-order valence-electron chi connectivity index (χ3n) is 6.83. The van der Waals surface area contributed by atoms with E-state index in [0.717, 1.165) is 0 Å². The smallest absolute Gasteiger partial charge is 0.149 e. The van der Waals surface area contributed by atoms with E-state index in [1.54, 1.807) is 0 Å². The molecule has 0 spiro atoms. The van der Waals surface area contributed by atoms with Crippen LogP contribution in [0.4, 0.5) is 0 Å². The Bertz CT molecular complexity index is 1340. The monoisotopic (exact) mass is 512 g/mol. The minimum absolute atomic E-state index is 0.0288. The first-order valence-electron chi connectivity index (χ1n) is 12.8. The molecule has 0 saturated carbocycles. The highest BCUT2D eigenvalue weighted by molar-refractivity contribution is 7.23. The maximum atomic E-state index is 7.15. The van der Waals surface area contributed by atoms with E-state index in [9.17, 15) is 0 Å². The largest absolute Gasteiger partial charge is 0.352 e. The van der Waals surface area contributed by atoms with Gasteiger partial charge in [0.25, 0.3) is 0 Å². The molecule has 0 aliphatic heterocycles. The van der Waals surface area contributed by atoms with Crippen LogP contribution in [-0.2, 0) is 10.8 Å². The van der Waals surface area contributed by atoms with Gasteiger partial charge in [0.05, 0.1) is 0 Å². The van der Waals surface area contributed by atoms with Gasteiger partial charge in [0.15, 0.2) is 0 Å². The fraction of sp³-hybridized carbons (Fsp3) is 0.294.